The van der Waals surface area contributed by atoms with Crippen LogP contribution in [0, 0.1) is 28.5 Å². The maximum atomic E-state index is 12.9. The summed E-state index contributed by atoms with van der Waals surface area (Å²) in [5, 5.41) is 19.9. The molecule has 0 aliphatic heterocycles. The van der Waals surface area contributed by atoms with Crippen molar-refractivity contribution in [2.45, 2.75) is 13.0 Å². The van der Waals surface area contributed by atoms with E-state index in [4.69, 9.17) is 10.5 Å². The van der Waals surface area contributed by atoms with Gasteiger partial charge in [-0.1, -0.05) is 0 Å². The number of halogens is 1. The van der Waals surface area contributed by atoms with Crippen molar-refractivity contribution in [2.24, 2.45) is 0 Å². The Morgan fingerprint density at radius 2 is 2.14 bits per heavy atom. The summed E-state index contributed by atoms with van der Waals surface area (Å²) in [6.07, 6.45) is 0. The molecule has 3 nitrogen and oxygen atoms in total. The molecule has 14 heavy (non-hydrogen) atoms. The minimum Gasteiger partial charge on any atom is -0.370 e. The molecule has 0 aromatic heterocycles. The standard InChI is InChI=1S/C10H8FN3/c1-7(5-12)14-9-2-3-10(11)8(4-9)6-13/h2-4,7,14H,1H3. The van der Waals surface area contributed by atoms with Crippen LogP contribution in [0.3, 0.4) is 0 Å². The molecule has 0 amide bonds. The molecule has 1 aromatic carbocycles. The highest BCUT2D eigenvalue weighted by atomic mass is 19.1. The van der Waals surface area contributed by atoms with Crippen LogP contribution in [0.25, 0.3) is 0 Å². The van der Waals surface area contributed by atoms with Crippen molar-refractivity contribution in [3.63, 3.8) is 0 Å². The summed E-state index contributed by atoms with van der Waals surface area (Å²) in [7, 11) is 0. The molecule has 0 saturated carbocycles. The number of hydrogen-bond acceptors (Lipinski definition) is 3. The van der Waals surface area contributed by atoms with Gasteiger partial charge in [-0.2, -0.15) is 10.5 Å². The largest absolute Gasteiger partial charge is 0.370 e. The van der Waals surface area contributed by atoms with Gasteiger partial charge in [0.1, 0.15) is 17.9 Å². The third-order valence-electron chi connectivity index (χ3n) is 1.66. The highest BCUT2D eigenvalue weighted by Crippen LogP contribution is 2.14. The number of nitriles is 2. The first kappa shape index (κ1) is 10.0. The van der Waals surface area contributed by atoms with Crippen LogP contribution in [0.1, 0.15) is 12.5 Å². The highest BCUT2D eigenvalue weighted by molar-refractivity contribution is 5.51. The zero-order chi connectivity index (χ0) is 10.6. The summed E-state index contributed by atoms with van der Waals surface area (Å²) >= 11 is 0. The van der Waals surface area contributed by atoms with Crippen LogP contribution in [-0.4, -0.2) is 6.04 Å². The fourth-order valence-corrected chi connectivity index (χ4v) is 0.983. The lowest BCUT2D eigenvalue weighted by Gasteiger charge is -2.07. The van der Waals surface area contributed by atoms with E-state index >= 15 is 0 Å². The van der Waals surface area contributed by atoms with Gasteiger partial charge < -0.3 is 5.32 Å². The molecule has 1 rings (SSSR count). The minimum absolute atomic E-state index is 0.0276. The van der Waals surface area contributed by atoms with Gasteiger partial charge in [0, 0.05) is 5.69 Å². The minimum atomic E-state index is -0.553. The Bertz CT molecular complexity index is 414. The smallest absolute Gasteiger partial charge is 0.141 e. The van der Waals surface area contributed by atoms with E-state index in [0.717, 1.165) is 0 Å². The third kappa shape index (κ3) is 2.21. The van der Waals surface area contributed by atoms with Crippen molar-refractivity contribution >= 4 is 5.69 Å². The van der Waals surface area contributed by atoms with Gasteiger partial charge in [-0.15, -0.1) is 0 Å². The summed E-state index contributed by atoms with van der Waals surface area (Å²) in [6, 6.07) is 7.41. The lowest BCUT2D eigenvalue weighted by atomic mass is 10.2. The topological polar surface area (TPSA) is 59.6 Å². The van der Waals surface area contributed by atoms with Gasteiger partial charge in [0.25, 0.3) is 0 Å². The van der Waals surface area contributed by atoms with Crippen molar-refractivity contribution in [2.75, 3.05) is 5.32 Å². The molecule has 0 aliphatic carbocycles. The van der Waals surface area contributed by atoms with Crippen molar-refractivity contribution in [1.82, 2.24) is 0 Å². The lowest BCUT2D eigenvalue weighted by Crippen LogP contribution is -2.12. The molecular formula is C10H8FN3. The van der Waals surface area contributed by atoms with Crippen LogP contribution in [0.4, 0.5) is 10.1 Å². The van der Waals surface area contributed by atoms with Crippen LogP contribution >= 0.6 is 0 Å². The molecule has 0 heterocycles. The number of rotatable bonds is 2. The Morgan fingerprint density at radius 1 is 1.43 bits per heavy atom. The second-order valence-electron chi connectivity index (χ2n) is 2.80. The van der Waals surface area contributed by atoms with E-state index < -0.39 is 5.82 Å². The number of nitrogens with zero attached hydrogens (tertiary/aromatic N) is 2. The van der Waals surface area contributed by atoms with E-state index in [1.54, 1.807) is 13.0 Å². The van der Waals surface area contributed by atoms with Crippen molar-refractivity contribution in [3.05, 3.63) is 29.6 Å². The maximum absolute atomic E-state index is 12.9. The zero-order valence-electron chi connectivity index (χ0n) is 7.58. The van der Waals surface area contributed by atoms with Crippen LogP contribution in [0.2, 0.25) is 0 Å². The van der Waals surface area contributed by atoms with Crippen LogP contribution in [0.5, 0.6) is 0 Å². The zero-order valence-corrected chi connectivity index (χ0v) is 7.58. The Hall–Kier alpha value is -2.07. The molecule has 0 spiro atoms. The maximum Gasteiger partial charge on any atom is 0.141 e. The van der Waals surface area contributed by atoms with E-state index in [0.29, 0.717) is 5.69 Å². The van der Waals surface area contributed by atoms with Gasteiger partial charge in [0.05, 0.1) is 11.6 Å². The van der Waals surface area contributed by atoms with Gasteiger partial charge in [-0.05, 0) is 25.1 Å². The van der Waals surface area contributed by atoms with Gasteiger partial charge in [0.2, 0.25) is 0 Å². The summed E-state index contributed by atoms with van der Waals surface area (Å²) < 4.78 is 12.9. The van der Waals surface area contributed by atoms with E-state index in [2.05, 4.69) is 5.32 Å². The van der Waals surface area contributed by atoms with Crippen molar-refractivity contribution in [1.29, 1.82) is 10.5 Å². The molecule has 0 aliphatic rings. The first-order valence-corrected chi connectivity index (χ1v) is 4.03. The van der Waals surface area contributed by atoms with Crippen LogP contribution < -0.4 is 5.32 Å². The highest BCUT2D eigenvalue weighted by Gasteiger charge is 2.04. The fraction of sp³-hybridized carbons (Fsp3) is 0.200. The fourth-order valence-electron chi connectivity index (χ4n) is 0.983. The molecule has 1 atom stereocenters. The molecule has 1 N–H and O–H groups in total. The summed E-state index contributed by atoms with van der Waals surface area (Å²) in [5.41, 5.74) is 0.539. The average molecular weight is 189 g/mol. The monoisotopic (exact) mass is 189 g/mol. The van der Waals surface area contributed by atoms with Crippen molar-refractivity contribution < 1.29 is 4.39 Å². The van der Waals surface area contributed by atoms with Gasteiger partial charge in [-0.25, -0.2) is 4.39 Å². The van der Waals surface area contributed by atoms with E-state index in [1.165, 1.54) is 18.2 Å². The second kappa shape index (κ2) is 4.25. The van der Waals surface area contributed by atoms with Crippen molar-refractivity contribution in [3.8, 4) is 12.1 Å². The normalized spacial score (nSPS) is 11.1. The van der Waals surface area contributed by atoms with Crippen LogP contribution in [-0.2, 0) is 0 Å². The summed E-state index contributed by atoms with van der Waals surface area (Å²) in [4.78, 5) is 0. The average Bonchev–Trinajstić information content (AvgIpc) is 2.20. The third-order valence-corrected chi connectivity index (χ3v) is 1.66. The first-order chi connectivity index (χ1) is 6.67. The van der Waals surface area contributed by atoms with Gasteiger partial charge in [-0.3, -0.25) is 0 Å². The van der Waals surface area contributed by atoms with Gasteiger partial charge >= 0.3 is 0 Å². The molecule has 0 saturated heterocycles. The van der Waals surface area contributed by atoms with Gasteiger partial charge in [0.15, 0.2) is 0 Å². The Morgan fingerprint density at radius 3 is 2.71 bits per heavy atom. The van der Waals surface area contributed by atoms with Crippen LogP contribution in [0.15, 0.2) is 18.2 Å². The Balaban J connectivity index is 2.92. The quantitative estimate of drug-likeness (QED) is 0.774. The van der Waals surface area contributed by atoms with E-state index in [1.807, 2.05) is 6.07 Å². The molecule has 1 unspecified atom stereocenters. The Kier molecular flexibility index (Phi) is 3.04. The number of nitrogens with one attached hydrogen (secondary N) is 1. The molecule has 70 valence electrons. The second-order valence-corrected chi connectivity index (χ2v) is 2.80. The molecule has 1 aromatic rings. The number of hydrogen-bond donors (Lipinski definition) is 1. The SMILES string of the molecule is CC(C#N)Nc1ccc(F)c(C#N)c1. The Labute approximate surface area is 81.4 Å². The molecular weight excluding hydrogens is 181 g/mol. The predicted molar refractivity (Wildman–Crippen MR) is 49.8 cm³/mol. The summed E-state index contributed by atoms with van der Waals surface area (Å²) in [5.74, 6) is -0.553. The predicted octanol–water partition coefficient (Wildman–Crippen LogP) is 2.02. The lowest BCUT2D eigenvalue weighted by molar-refractivity contribution is 0.624. The molecule has 0 bridgehead atoms. The van der Waals surface area contributed by atoms with E-state index in [-0.39, 0.29) is 11.6 Å². The molecule has 4 heteroatoms. The number of benzene rings is 1. The van der Waals surface area contributed by atoms with E-state index in [9.17, 15) is 4.39 Å². The molecule has 0 radical (unpaired) electrons. The molecule has 0 fully saturated rings. The number of anilines is 1. The summed E-state index contributed by atoms with van der Waals surface area (Å²) in [6.45, 7) is 1.68. The first-order valence-electron chi connectivity index (χ1n) is 4.03.